The number of carbonyl (C=O) groups excluding carboxylic acids is 1. The van der Waals surface area contributed by atoms with Gasteiger partial charge in [0.1, 0.15) is 0 Å². The van der Waals surface area contributed by atoms with Crippen LogP contribution in [0.25, 0.3) is 0 Å². The molecule has 0 radical (unpaired) electrons. The zero-order valence-corrected chi connectivity index (χ0v) is 12.3. The number of thiophene rings is 1. The third-order valence-electron chi connectivity index (χ3n) is 2.54. The second-order valence-electron chi connectivity index (χ2n) is 4.06. The van der Waals surface area contributed by atoms with Gasteiger partial charge in [0.05, 0.1) is 24.2 Å². The molecule has 0 unspecified atom stereocenters. The van der Waals surface area contributed by atoms with Crippen LogP contribution < -0.4 is 4.90 Å². The number of amides is 1. The Hall–Kier alpha value is -1.54. The van der Waals surface area contributed by atoms with E-state index < -0.39 is 17.2 Å². The minimum atomic E-state index is -4.42. The average molecular weight is 332 g/mol. The van der Waals surface area contributed by atoms with Crippen molar-refractivity contribution in [1.82, 2.24) is 4.98 Å². The molecule has 0 aromatic carbocycles. The van der Waals surface area contributed by atoms with Crippen molar-refractivity contribution in [3.05, 3.63) is 46.9 Å². The van der Waals surface area contributed by atoms with Crippen LogP contribution in [0, 0.1) is 0 Å². The summed E-state index contributed by atoms with van der Waals surface area (Å²) in [6, 6.07) is 5.12. The highest BCUT2D eigenvalue weighted by atomic mass is 32.2. The maximum absolute atomic E-state index is 12.2. The standard InChI is InChI=1S/C13H11F3N2OS2/c14-13(15,16)21-9-12(19)18(7-10-3-5-20-8-10)11-2-1-4-17-6-11/h1-6,8H,7,9H2. The smallest absolute Gasteiger partial charge is 0.306 e. The zero-order chi connectivity index (χ0) is 15.3. The lowest BCUT2D eigenvalue weighted by atomic mass is 10.3. The summed E-state index contributed by atoms with van der Waals surface area (Å²) in [4.78, 5) is 17.3. The van der Waals surface area contributed by atoms with Gasteiger partial charge < -0.3 is 4.90 Å². The van der Waals surface area contributed by atoms with Crippen molar-refractivity contribution in [2.45, 2.75) is 12.1 Å². The Labute approximate surface area is 127 Å². The van der Waals surface area contributed by atoms with E-state index in [9.17, 15) is 18.0 Å². The van der Waals surface area contributed by atoms with E-state index in [2.05, 4.69) is 4.98 Å². The van der Waals surface area contributed by atoms with Gasteiger partial charge in [-0.15, -0.1) is 0 Å². The van der Waals surface area contributed by atoms with Crippen LogP contribution in [0.5, 0.6) is 0 Å². The number of hydrogen-bond donors (Lipinski definition) is 0. The largest absolute Gasteiger partial charge is 0.442 e. The summed E-state index contributed by atoms with van der Waals surface area (Å²) < 4.78 is 36.7. The minimum absolute atomic E-state index is 0.229. The first kappa shape index (κ1) is 15.8. The van der Waals surface area contributed by atoms with Gasteiger partial charge in [0.2, 0.25) is 5.91 Å². The number of thioether (sulfide) groups is 1. The molecule has 1 amide bonds. The van der Waals surface area contributed by atoms with Crippen LogP contribution >= 0.6 is 23.1 Å². The molecule has 0 bridgehead atoms. The molecular weight excluding hydrogens is 321 g/mol. The van der Waals surface area contributed by atoms with Crippen molar-refractivity contribution < 1.29 is 18.0 Å². The van der Waals surface area contributed by atoms with Crippen LogP contribution in [0.1, 0.15) is 5.56 Å². The van der Waals surface area contributed by atoms with Crippen molar-refractivity contribution in [1.29, 1.82) is 0 Å². The molecule has 0 aliphatic carbocycles. The Balaban J connectivity index is 2.14. The number of carbonyl (C=O) groups is 1. The molecule has 2 heterocycles. The SMILES string of the molecule is O=C(CSC(F)(F)F)N(Cc1ccsc1)c1cccnc1. The summed E-state index contributed by atoms with van der Waals surface area (Å²) in [6.07, 6.45) is 3.00. The molecule has 0 saturated carbocycles. The molecule has 3 nitrogen and oxygen atoms in total. The topological polar surface area (TPSA) is 33.2 Å². The fourth-order valence-corrected chi connectivity index (χ4v) is 2.73. The fourth-order valence-electron chi connectivity index (χ4n) is 1.62. The first-order valence-corrected chi connectivity index (χ1v) is 7.81. The number of nitrogens with zero attached hydrogens (tertiary/aromatic N) is 2. The van der Waals surface area contributed by atoms with E-state index in [-0.39, 0.29) is 18.3 Å². The van der Waals surface area contributed by atoms with Crippen molar-refractivity contribution in [3.63, 3.8) is 0 Å². The van der Waals surface area contributed by atoms with E-state index >= 15 is 0 Å². The molecule has 0 atom stereocenters. The number of rotatable bonds is 5. The maximum atomic E-state index is 12.2. The number of anilines is 1. The second-order valence-corrected chi connectivity index (χ2v) is 5.88. The van der Waals surface area contributed by atoms with Crippen LogP contribution in [0.3, 0.4) is 0 Å². The van der Waals surface area contributed by atoms with E-state index in [0.29, 0.717) is 5.69 Å². The molecule has 0 N–H and O–H groups in total. The van der Waals surface area contributed by atoms with Crippen LogP contribution in [0.15, 0.2) is 41.4 Å². The number of pyridine rings is 1. The van der Waals surface area contributed by atoms with E-state index in [1.54, 1.807) is 18.3 Å². The van der Waals surface area contributed by atoms with Crippen LogP contribution in [0.4, 0.5) is 18.9 Å². The van der Waals surface area contributed by atoms with Crippen LogP contribution in [0.2, 0.25) is 0 Å². The van der Waals surface area contributed by atoms with Gasteiger partial charge in [0, 0.05) is 6.20 Å². The van der Waals surface area contributed by atoms with Gasteiger partial charge in [-0.1, -0.05) is 0 Å². The molecule has 8 heteroatoms. The van der Waals surface area contributed by atoms with Crippen molar-refractivity contribution in [3.8, 4) is 0 Å². The predicted octanol–water partition coefficient (Wildman–Crippen LogP) is 3.93. The quantitative estimate of drug-likeness (QED) is 0.832. The first-order valence-electron chi connectivity index (χ1n) is 5.88. The average Bonchev–Trinajstić information content (AvgIpc) is 2.95. The van der Waals surface area contributed by atoms with Gasteiger partial charge in [-0.25, -0.2) is 0 Å². The van der Waals surface area contributed by atoms with Gasteiger partial charge in [-0.3, -0.25) is 9.78 Å². The molecule has 0 saturated heterocycles. The minimum Gasteiger partial charge on any atom is -0.306 e. The molecule has 2 aromatic heterocycles. The summed E-state index contributed by atoms with van der Waals surface area (Å²) in [5.41, 5.74) is -3.07. The van der Waals surface area contributed by atoms with Crippen molar-refractivity contribution >= 4 is 34.7 Å². The Kier molecular flexibility index (Phi) is 5.24. The molecule has 21 heavy (non-hydrogen) atoms. The number of halogens is 3. The Morgan fingerprint density at radius 2 is 2.19 bits per heavy atom. The Morgan fingerprint density at radius 3 is 2.76 bits per heavy atom. The Morgan fingerprint density at radius 1 is 1.38 bits per heavy atom. The summed E-state index contributed by atoms with van der Waals surface area (Å²) >= 11 is 1.14. The van der Waals surface area contributed by atoms with Gasteiger partial charge >= 0.3 is 5.51 Å². The van der Waals surface area contributed by atoms with E-state index in [4.69, 9.17) is 0 Å². The molecule has 0 aliphatic heterocycles. The monoisotopic (exact) mass is 332 g/mol. The third-order valence-corrected chi connectivity index (χ3v) is 3.99. The van der Waals surface area contributed by atoms with Gasteiger partial charge in [0.25, 0.3) is 0 Å². The number of aromatic nitrogens is 1. The summed E-state index contributed by atoms with van der Waals surface area (Å²) in [5.74, 6) is -1.25. The fraction of sp³-hybridized carbons (Fsp3) is 0.231. The van der Waals surface area contributed by atoms with Crippen molar-refractivity contribution in [2.75, 3.05) is 10.7 Å². The van der Waals surface area contributed by atoms with Crippen LogP contribution in [-0.4, -0.2) is 22.2 Å². The summed E-state index contributed by atoms with van der Waals surface area (Å²) in [6.45, 7) is 0.229. The molecule has 2 rings (SSSR count). The van der Waals surface area contributed by atoms with Gasteiger partial charge in [-0.2, -0.15) is 24.5 Å². The van der Waals surface area contributed by atoms with Crippen LogP contribution in [-0.2, 0) is 11.3 Å². The van der Waals surface area contributed by atoms with Gasteiger partial charge in [-0.05, 0) is 46.3 Å². The molecule has 2 aromatic rings. The highest BCUT2D eigenvalue weighted by Gasteiger charge is 2.30. The number of alkyl halides is 3. The van der Waals surface area contributed by atoms with E-state index in [1.165, 1.54) is 22.4 Å². The lowest BCUT2D eigenvalue weighted by molar-refractivity contribution is -0.116. The van der Waals surface area contributed by atoms with Crippen molar-refractivity contribution in [2.24, 2.45) is 0 Å². The molecule has 112 valence electrons. The van der Waals surface area contributed by atoms with Gasteiger partial charge in [0.15, 0.2) is 0 Å². The summed E-state index contributed by atoms with van der Waals surface area (Å²) in [5, 5.41) is 3.71. The molecule has 0 spiro atoms. The summed E-state index contributed by atoms with van der Waals surface area (Å²) in [7, 11) is 0. The number of hydrogen-bond acceptors (Lipinski definition) is 4. The lowest BCUT2D eigenvalue weighted by Crippen LogP contribution is -2.32. The predicted molar refractivity (Wildman–Crippen MR) is 78.3 cm³/mol. The maximum Gasteiger partial charge on any atom is 0.442 e. The second kappa shape index (κ2) is 6.95. The van der Waals surface area contributed by atoms with E-state index in [0.717, 1.165) is 5.56 Å². The zero-order valence-electron chi connectivity index (χ0n) is 10.7. The molecular formula is C13H11F3N2OS2. The molecule has 0 fully saturated rings. The molecule has 0 aliphatic rings. The Bertz CT molecular complexity index is 573. The highest BCUT2D eigenvalue weighted by Crippen LogP contribution is 2.31. The highest BCUT2D eigenvalue weighted by molar-refractivity contribution is 8.00. The first-order chi connectivity index (χ1) is 9.96. The normalized spacial score (nSPS) is 11.4. The van der Waals surface area contributed by atoms with E-state index in [1.807, 2.05) is 16.8 Å². The lowest BCUT2D eigenvalue weighted by Gasteiger charge is -2.22. The third kappa shape index (κ3) is 5.05.